The van der Waals surface area contributed by atoms with Gasteiger partial charge < -0.3 is 5.32 Å². The Morgan fingerprint density at radius 2 is 2.11 bits per heavy atom. The fourth-order valence-corrected chi connectivity index (χ4v) is 2.39. The van der Waals surface area contributed by atoms with E-state index in [1.807, 2.05) is 0 Å². The van der Waals surface area contributed by atoms with Gasteiger partial charge in [0.15, 0.2) is 0 Å². The van der Waals surface area contributed by atoms with Crippen LogP contribution in [-0.2, 0) is 9.84 Å². The van der Waals surface area contributed by atoms with Gasteiger partial charge in [0.25, 0.3) is 5.91 Å². The lowest BCUT2D eigenvalue weighted by molar-refractivity contribution is 0.0953. The van der Waals surface area contributed by atoms with E-state index >= 15 is 0 Å². The maximum atomic E-state index is 11.8. The van der Waals surface area contributed by atoms with Gasteiger partial charge in [-0.25, -0.2) is 8.42 Å². The van der Waals surface area contributed by atoms with Crippen molar-refractivity contribution >= 4 is 40.0 Å². The van der Waals surface area contributed by atoms with Crippen LogP contribution in [0.15, 0.2) is 23.1 Å². The molecule has 0 aliphatic rings. The molecule has 1 amide bonds. The van der Waals surface area contributed by atoms with E-state index in [0.717, 1.165) is 6.26 Å². The van der Waals surface area contributed by atoms with Gasteiger partial charge in [-0.15, -0.1) is 12.6 Å². The fraction of sp³-hybridized carbons (Fsp3) is 0.364. The molecule has 1 aromatic carbocycles. The Kier molecular flexibility index (Phi) is 5.49. The first-order chi connectivity index (χ1) is 8.29. The highest BCUT2D eigenvalue weighted by atomic mass is 35.5. The number of benzene rings is 1. The lowest BCUT2D eigenvalue weighted by Crippen LogP contribution is -2.26. The van der Waals surface area contributed by atoms with Crippen molar-refractivity contribution < 1.29 is 13.2 Å². The molecule has 100 valence electrons. The van der Waals surface area contributed by atoms with Gasteiger partial charge in [-0.2, -0.15) is 0 Å². The van der Waals surface area contributed by atoms with E-state index < -0.39 is 9.84 Å². The number of thiol groups is 1. The van der Waals surface area contributed by atoms with Crippen molar-refractivity contribution in [2.75, 3.05) is 18.6 Å². The topological polar surface area (TPSA) is 63.2 Å². The molecule has 0 aromatic heterocycles. The highest BCUT2D eigenvalue weighted by molar-refractivity contribution is 7.90. The molecule has 0 heterocycles. The third-order valence-corrected chi connectivity index (χ3v) is 3.81. The second-order valence-corrected chi connectivity index (χ2v) is 7.09. The Balaban J connectivity index is 2.53. The fourth-order valence-electron chi connectivity index (χ4n) is 1.32. The molecule has 0 radical (unpaired) electrons. The summed E-state index contributed by atoms with van der Waals surface area (Å²) in [5.41, 5.74) is 0.337. The highest BCUT2D eigenvalue weighted by Gasteiger charge is 2.10. The van der Waals surface area contributed by atoms with Gasteiger partial charge in [-0.05, 0) is 24.6 Å². The zero-order chi connectivity index (χ0) is 13.8. The zero-order valence-corrected chi connectivity index (χ0v) is 12.3. The Morgan fingerprint density at radius 3 is 2.72 bits per heavy atom. The number of nitrogens with one attached hydrogen (secondary N) is 1. The number of carbonyl (C=O) groups is 1. The molecule has 7 heteroatoms. The molecule has 4 nitrogen and oxygen atoms in total. The lowest BCUT2D eigenvalue weighted by Gasteiger charge is -2.07. The average molecular weight is 308 g/mol. The number of amides is 1. The molecule has 1 rings (SSSR count). The molecule has 18 heavy (non-hydrogen) atoms. The van der Waals surface area contributed by atoms with Crippen molar-refractivity contribution in [3.8, 4) is 0 Å². The predicted octanol–water partition coefficient (Wildman–Crippen LogP) is 1.79. The standard InChI is InChI=1S/C11H14ClNO3S2/c1-18(15,16)6-2-5-13-11(14)9-7-8(17)3-4-10(9)12/h3-4,7,17H,2,5-6H2,1H3,(H,13,14). The normalized spacial score (nSPS) is 11.3. The second-order valence-electron chi connectivity index (χ2n) is 3.90. The van der Waals surface area contributed by atoms with Crippen LogP contribution in [0.3, 0.4) is 0 Å². The van der Waals surface area contributed by atoms with E-state index in [-0.39, 0.29) is 11.7 Å². The van der Waals surface area contributed by atoms with E-state index in [0.29, 0.717) is 28.4 Å². The van der Waals surface area contributed by atoms with E-state index in [9.17, 15) is 13.2 Å². The Morgan fingerprint density at radius 1 is 1.44 bits per heavy atom. The van der Waals surface area contributed by atoms with Crippen LogP contribution in [0.1, 0.15) is 16.8 Å². The van der Waals surface area contributed by atoms with E-state index in [1.165, 1.54) is 0 Å². The van der Waals surface area contributed by atoms with Crippen LogP contribution in [0.4, 0.5) is 0 Å². The largest absolute Gasteiger partial charge is 0.352 e. The monoisotopic (exact) mass is 307 g/mol. The second kappa shape index (κ2) is 6.45. The molecule has 0 bridgehead atoms. The van der Waals surface area contributed by atoms with Crippen molar-refractivity contribution in [3.05, 3.63) is 28.8 Å². The van der Waals surface area contributed by atoms with Gasteiger partial charge >= 0.3 is 0 Å². The third-order valence-electron chi connectivity index (χ3n) is 2.17. The van der Waals surface area contributed by atoms with Crippen LogP contribution in [0.2, 0.25) is 5.02 Å². The van der Waals surface area contributed by atoms with Gasteiger partial charge in [0, 0.05) is 17.7 Å². The quantitative estimate of drug-likeness (QED) is 0.644. The summed E-state index contributed by atoms with van der Waals surface area (Å²) in [7, 11) is -2.99. The summed E-state index contributed by atoms with van der Waals surface area (Å²) in [6, 6.07) is 4.85. The Hall–Kier alpha value is -0.720. The molecule has 0 spiro atoms. The minimum atomic E-state index is -2.99. The van der Waals surface area contributed by atoms with Crippen LogP contribution < -0.4 is 5.32 Å². The molecule has 1 N–H and O–H groups in total. The summed E-state index contributed by atoms with van der Waals surface area (Å²) >= 11 is 10.0. The first kappa shape index (κ1) is 15.3. The zero-order valence-electron chi connectivity index (χ0n) is 9.81. The lowest BCUT2D eigenvalue weighted by atomic mass is 10.2. The van der Waals surface area contributed by atoms with E-state index in [2.05, 4.69) is 17.9 Å². The minimum Gasteiger partial charge on any atom is -0.352 e. The molecule has 0 aliphatic carbocycles. The van der Waals surface area contributed by atoms with Crippen LogP contribution in [0.25, 0.3) is 0 Å². The van der Waals surface area contributed by atoms with Crippen LogP contribution in [0, 0.1) is 0 Å². The molecule has 0 unspecified atom stereocenters. The van der Waals surface area contributed by atoms with Crippen LogP contribution >= 0.6 is 24.2 Å². The summed E-state index contributed by atoms with van der Waals surface area (Å²) in [4.78, 5) is 12.4. The van der Waals surface area contributed by atoms with E-state index in [4.69, 9.17) is 11.6 Å². The molecule has 0 fully saturated rings. The van der Waals surface area contributed by atoms with Crippen molar-refractivity contribution in [2.45, 2.75) is 11.3 Å². The maximum absolute atomic E-state index is 11.8. The molecule has 0 aliphatic heterocycles. The number of hydrogen-bond donors (Lipinski definition) is 2. The Bertz CT molecular complexity index is 543. The van der Waals surface area contributed by atoms with Gasteiger partial charge in [-0.3, -0.25) is 4.79 Å². The third kappa shape index (κ3) is 5.29. The van der Waals surface area contributed by atoms with Crippen molar-refractivity contribution in [3.63, 3.8) is 0 Å². The Labute approximate surface area is 117 Å². The number of halogens is 1. The van der Waals surface area contributed by atoms with Crippen molar-refractivity contribution in [1.29, 1.82) is 0 Å². The van der Waals surface area contributed by atoms with Crippen LogP contribution in [-0.4, -0.2) is 32.9 Å². The number of hydrogen-bond acceptors (Lipinski definition) is 4. The average Bonchev–Trinajstić information content (AvgIpc) is 2.26. The molecule has 0 saturated carbocycles. The number of sulfone groups is 1. The van der Waals surface area contributed by atoms with Gasteiger partial charge in [0.2, 0.25) is 0 Å². The molecular formula is C11H14ClNO3S2. The van der Waals surface area contributed by atoms with Crippen molar-refractivity contribution in [1.82, 2.24) is 5.32 Å². The predicted molar refractivity (Wildman–Crippen MR) is 75.4 cm³/mol. The number of carbonyl (C=O) groups excluding carboxylic acids is 1. The first-order valence-electron chi connectivity index (χ1n) is 5.24. The summed E-state index contributed by atoms with van der Waals surface area (Å²) < 4.78 is 21.8. The summed E-state index contributed by atoms with van der Waals surface area (Å²) in [6.07, 6.45) is 1.54. The minimum absolute atomic E-state index is 0.0492. The van der Waals surface area contributed by atoms with Gasteiger partial charge in [0.1, 0.15) is 9.84 Å². The number of rotatable bonds is 5. The molecule has 0 atom stereocenters. The SMILES string of the molecule is CS(=O)(=O)CCCNC(=O)c1cc(S)ccc1Cl. The van der Waals surface area contributed by atoms with Gasteiger partial charge in [-0.1, -0.05) is 11.6 Å². The van der Waals surface area contributed by atoms with E-state index in [1.54, 1.807) is 18.2 Å². The molecule has 1 aromatic rings. The summed E-state index contributed by atoms with van der Waals surface area (Å²) in [5.74, 6) is -0.280. The summed E-state index contributed by atoms with van der Waals surface area (Å²) in [5, 5.41) is 2.96. The smallest absolute Gasteiger partial charge is 0.252 e. The molecule has 0 saturated heterocycles. The summed E-state index contributed by atoms with van der Waals surface area (Å²) in [6.45, 7) is 0.291. The molecular weight excluding hydrogens is 294 g/mol. The maximum Gasteiger partial charge on any atom is 0.252 e. The van der Waals surface area contributed by atoms with Gasteiger partial charge in [0.05, 0.1) is 16.3 Å². The highest BCUT2D eigenvalue weighted by Crippen LogP contribution is 2.19. The first-order valence-corrected chi connectivity index (χ1v) is 8.12. The van der Waals surface area contributed by atoms with Crippen molar-refractivity contribution in [2.24, 2.45) is 0 Å². The van der Waals surface area contributed by atoms with Crippen LogP contribution in [0.5, 0.6) is 0 Å².